The van der Waals surface area contributed by atoms with Crippen LogP contribution in [0.5, 0.6) is 11.5 Å². The van der Waals surface area contributed by atoms with Gasteiger partial charge < -0.3 is 19.7 Å². The van der Waals surface area contributed by atoms with Crippen molar-refractivity contribution in [3.05, 3.63) is 94.8 Å². The average molecular weight is 463 g/mol. The van der Waals surface area contributed by atoms with Gasteiger partial charge >= 0.3 is 0 Å². The number of rotatable bonds is 7. The third kappa shape index (κ3) is 5.03. The van der Waals surface area contributed by atoms with Crippen molar-refractivity contribution in [1.82, 2.24) is 10.2 Å². The van der Waals surface area contributed by atoms with Crippen molar-refractivity contribution in [1.29, 1.82) is 0 Å². The molecule has 7 heteroatoms. The number of halogens is 1. The highest BCUT2D eigenvalue weighted by Crippen LogP contribution is 2.40. The number of amides is 2. The fourth-order valence-corrected chi connectivity index (χ4v) is 4.38. The Morgan fingerprint density at radius 3 is 2.44 bits per heavy atom. The second-order valence-electron chi connectivity index (χ2n) is 8.14. The summed E-state index contributed by atoms with van der Waals surface area (Å²) in [5.74, 6) is 0.323. The van der Waals surface area contributed by atoms with Gasteiger partial charge in [-0.15, -0.1) is 0 Å². The summed E-state index contributed by atoms with van der Waals surface area (Å²) in [7, 11) is 3.19. The van der Waals surface area contributed by atoms with Gasteiger partial charge in [0.25, 0.3) is 0 Å². The van der Waals surface area contributed by atoms with Crippen LogP contribution >= 0.6 is 0 Å². The Morgan fingerprint density at radius 1 is 1.00 bits per heavy atom. The minimum Gasteiger partial charge on any atom is -0.493 e. The highest BCUT2D eigenvalue weighted by molar-refractivity contribution is 5.86. The fraction of sp³-hybridized carbons (Fsp3) is 0.259. The van der Waals surface area contributed by atoms with Gasteiger partial charge in [0.2, 0.25) is 11.8 Å². The number of carbonyl (C=O) groups excluding carboxylic acids is 2. The van der Waals surface area contributed by atoms with Gasteiger partial charge in [-0.3, -0.25) is 9.59 Å². The van der Waals surface area contributed by atoms with Gasteiger partial charge in [0.05, 0.1) is 33.2 Å². The highest BCUT2D eigenvalue weighted by atomic mass is 19.1. The monoisotopic (exact) mass is 462 g/mol. The van der Waals surface area contributed by atoms with Gasteiger partial charge in [-0.2, -0.15) is 0 Å². The Kier molecular flexibility index (Phi) is 7.11. The number of nitrogens with zero attached hydrogens (tertiary/aromatic N) is 1. The number of nitrogens with one attached hydrogen (secondary N) is 1. The van der Waals surface area contributed by atoms with Crippen LogP contribution in [0.4, 0.5) is 4.39 Å². The normalized spacial score (nSPS) is 14.8. The Bertz CT molecular complexity index is 1180. The summed E-state index contributed by atoms with van der Waals surface area (Å²) in [5.41, 5.74) is 3.58. The predicted octanol–water partition coefficient (Wildman–Crippen LogP) is 3.68. The van der Waals surface area contributed by atoms with Gasteiger partial charge in [0.1, 0.15) is 5.82 Å². The standard InChI is InChI=1S/C27H27FN2O4/c1-33-23-15-20-11-12-30(26(32)17-29-25(31)14-18-7-6-10-21(28)13-18)27(19-8-4-3-5-9-19)22(20)16-24(23)34-2/h3-10,13,15-16,27H,11-12,14,17H2,1-2H3,(H,29,31). The first-order valence-corrected chi connectivity index (χ1v) is 11.1. The number of hydrogen-bond donors (Lipinski definition) is 1. The maximum absolute atomic E-state index is 13.4. The van der Waals surface area contributed by atoms with Crippen molar-refractivity contribution in [2.45, 2.75) is 18.9 Å². The van der Waals surface area contributed by atoms with Crippen LogP contribution in [0.25, 0.3) is 0 Å². The molecule has 0 saturated heterocycles. The van der Waals surface area contributed by atoms with E-state index >= 15 is 0 Å². The molecule has 176 valence electrons. The molecular formula is C27H27FN2O4. The SMILES string of the molecule is COc1cc2c(cc1OC)C(c1ccccc1)N(C(=O)CNC(=O)Cc1cccc(F)c1)CC2. The van der Waals surface area contributed by atoms with Crippen LogP contribution in [0.1, 0.15) is 28.3 Å². The zero-order valence-electron chi connectivity index (χ0n) is 19.2. The number of carbonyl (C=O) groups is 2. The fourth-order valence-electron chi connectivity index (χ4n) is 4.38. The van der Waals surface area contributed by atoms with E-state index in [-0.39, 0.29) is 30.8 Å². The van der Waals surface area contributed by atoms with E-state index in [1.165, 1.54) is 12.1 Å². The molecular weight excluding hydrogens is 435 g/mol. The van der Waals surface area contributed by atoms with Gasteiger partial charge in [-0.05, 0) is 52.9 Å². The summed E-state index contributed by atoms with van der Waals surface area (Å²) >= 11 is 0. The lowest BCUT2D eigenvalue weighted by atomic mass is 9.87. The molecule has 0 radical (unpaired) electrons. The Morgan fingerprint density at radius 2 is 1.74 bits per heavy atom. The lowest BCUT2D eigenvalue weighted by Crippen LogP contribution is -2.45. The maximum Gasteiger partial charge on any atom is 0.242 e. The van der Waals surface area contributed by atoms with Gasteiger partial charge in [0, 0.05) is 6.54 Å². The molecule has 0 fully saturated rings. The molecule has 3 aromatic carbocycles. The minimum atomic E-state index is -0.397. The molecule has 0 bridgehead atoms. The third-order valence-electron chi connectivity index (χ3n) is 6.00. The second-order valence-corrected chi connectivity index (χ2v) is 8.14. The molecule has 1 unspecified atom stereocenters. The lowest BCUT2D eigenvalue weighted by molar-refractivity contribution is -0.134. The molecule has 3 aromatic rings. The summed E-state index contributed by atoms with van der Waals surface area (Å²) in [6, 6.07) is 19.2. The zero-order valence-corrected chi connectivity index (χ0v) is 19.2. The Balaban J connectivity index is 1.55. The summed E-state index contributed by atoms with van der Waals surface area (Å²) in [4.78, 5) is 27.4. The van der Waals surface area contributed by atoms with Crippen LogP contribution in [0.15, 0.2) is 66.7 Å². The van der Waals surface area contributed by atoms with Crippen LogP contribution in [0.3, 0.4) is 0 Å². The van der Waals surface area contributed by atoms with Crippen molar-refractivity contribution in [2.24, 2.45) is 0 Å². The Hall–Kier alpha value is -3.87. The van der Waals surface area contributed by atoms with Gasteiger partial charge in [0.15, 0.2) is 11.5 Å². The summed E-state index contributed by atoms with van der Waals surface area (Å²) in [6.45, 7) is 0.362. The zero-order chi connectivity index (χ0) is 24.1. The van der Waals surface area contributed by atoms with E-state index in [1.807, 2.05) is 42.5 Å². The third-order valence-corrected chi connectivity index (χ3v) is 6.00. The maximum atomic E-state index is 13.4. The van der Waals surface area contributed by atoms with Crippen LogP contribution in [0.2, 0.25) is 0 Å². The number of ether oxygens (including phenoxy) is 2. The summed E-state index contributed by atoms with van der Waals surface area (Å²) in [6.07, 6.45) is 0.662. The molecule has 1 atom stereocenters. The van der Waals surface area contributed by atoms with Crippen molar-refractivity contribution >= 4 is 11.8 Å². The van der Waals surface area contributed by atoms with E-state index in [1.54, 1.807) is 31.3 Å². The molecule has 34 heavy (non-hydrogen) atoms. The van der Waals surface area contributed by atoms with Crippen molar-refractivity contribution in [2.75, 3.05) is 27.3 Å². The molecule has 0 aliphatic carbocycles. The average Bonchev–Trinajstić information content (AvgIpc) is 2.86. The molecule has 0 spiro atoms. The van der Waals surface area contributed by atoms with Crippen LogP contribution < -0.4 is 14.8 Å². The molecule has 0 saturated carbocycles. The molecule has 1 aliphatic rings. The number of fused-ring (bicyclic) bond motifs is 1. The van der Waals surface area contributed by atoms with Crippen molar-refractivity contribution in [3.8, 4) is 11.5 Å². The second kappa shape index (κ2) is 10.4. The molecule has 2 amide bonds. The lowest BCUT2D eigenvalue weighted by Gasteiger charge is -2.38. The topological polar surface area (TPSA) is 67.9 Å². The first-order valence-electron chi connectivity index (χ1n) is 11.1. The van der Waals surface area contributed by atoms with E-state index in [0.717, 1.165) is 16.7 Å². The first kappa shape index (κ1) is 23.3. The van der Waals surface area contributed by atoms with Crippen LogP contribution in [0, 0.1) is 5.82 Å². The number of hydrogen-bond acceptors (Lipinski definition) is 4. The molecule has 1 N–H and O–H groups in total. The van der Waals surface area contributed by atoms with E-state index in [0.29, 0.717) is 30.0 Å². The van der Waals surface area contributed by atoms with Gasteiger partial charge in [-0.25, -0.2) is 4.39 Å². The molecule has 1 heterocycles. The van der Waals surface area contributed by atoms with Gasteiger partial charge in [-0.1, -0.05) is 42.5 Å². The van der Waals surface area contributed by atoms with E-state index in [9.17, 15) is 14.0 Å². The van der Waals surface area contributed by atoms with E-state index in [4.69, 9.17) is 9.47 Å². The predicted molar refractivity (Wildman–Crippen MR) is 126 cm³/mol. The van der Waals surface area contributed by atoms with Crippen LogP contribution in [-0.2, 0) is 22.4 Å². The quantitative estimate of drug-likeness (QED) is 0.582. The van der Waals surface area contributed by atoms with E-state index in [2.05, 4.69) is 5.32 Å². The van der Waals surface area contributed by atoms with Crippen molar-refractivity contribution < 1.29 is 23.5 Å². The Labute approximate surface area is 198 Å². The number of methoxy groups -OCH3 is 2. The summed E-state index contributed by atoms with van der Waals surface area (Å²) in [5, 5.41) is 2.69. The molecule has 1 aliphatic heterocycles. The van der Waals surface area contributed by atoms with Crippen LogP contribution in [-0.4, -0.2) is 44.0 Å². The first-order chi connectivity index (χ1) is 16.5. The largest absolute Gasteiger partial charge is 0.493 e. The van der Waals surface area contributed by atoms with E-state index < -0.39 is 5.82 Å². The molecule has 0 aromatic heterocycles. The summed E-state index contributed by atoms with van der Waals surface area (Å²) < 4.78 is 24.4. The molecule has 4 rings (SSSR count). The molecule has 6 nitrogen and oxygen atoms in total. The minimum absolute atomic E-state index is 0.00693. The highest BCUT2D eigenvalue weighted by Gasteiger charge is 2.33. The smallest absolute Gasteiger partial charge is 0.242 e. The number of benzene rings is 3. The van der Waals surface area contributed by atoms with Crippen molar-refractivity contribution in [3.63, 3.8) is 0 Å².